The zero-order valence-electron chi connectivity index (χ0n) is 21.8. The van der Waals surface area contributed by atoms with E-state index in [1.54, 1.807) is 54.2 Å². The van der Waals surface area contributed by atoms with Gasteiger partial charge in [0.1, 0.15) is 23.4 Å². The average molecular weight is 550 g/mol. The maximum atomic E-state index is 14.2. The topological polar surface area (TPSA) is 86.5 Å². The second-order valence-corrected chi connectivity index (χ2v) is 10.2. The molecule has 3 aromatic carbocycles. The van der Waals surface area contributed by atoms with Crippen LogP contribution in [0.5, 0.6) is 11.5 Å². The summed E-state index contributed by atoms with van der Waals surface area (Å²) in [4.78, 5) is 15.5. The third kappa shape index (κ3) is 4.67. The number of hydrogen-bond acceptors (Lipinski definition) is 5. The van der Waals surface area contributed by atoms with Gasteiger partial charge in [0, 0.05) is 30.2 Å². The molecular weight excluding hydrogens is 523 g/mol. The van der Waals surface area contributed by atoms with E-state index in [-0.39, 0.29) is 24.5 Å². The first-order valence-corrected chi connectivity index (χ1v) is 12.9. The van der Waals surface area contributed by atoms with E-state index < -0.39 is 23.8 Å². The fourth-order valence-corrected chi connectivity index (χ4v) is 5.60. The third-order valence-corrected chi connectivity index (χ3v) is 7.63. The van der Waals surface area contributed by atoms with Gasteiger partial charge in [-0.1, -0.05) is 36.4 Å². The molecule has 0 amide bonds. The molecule has 7 nitrogen and oxygen atoms in total. The Balaban J connectivity index is 1.32. The number of hydrogen-bond donors (Lipinski definition) is 1. The number of aromatic nitrogens is 3. The molecular formula is C30H26F3N3O4. The smallest absolute Gasteiger partial charge is 0.417 e. The third-order valence-electron chi connectivity index (χ3n) is 7.63. The lowest BCUT2D eigenvalue weighted by Crippen LogP contribution is -2.10. The maximum absolute atomic E-state index is 14.2. The molecule has 2 heterocycles. The molecule has 2 atom stereocenters. The van der Waals surface area contributed by atoms with Crippen LogP contribution in [-0.2, 0) is 24.4 Å². The van der Waals surface area contributed by atoms with Crippen molar-refractivity contribution in [2.45, 2.75) is 44.4 Å². The fraction of sp³-hybridized carbons (Fsp3) is 0.300. The van der Waals surface area contributed by atoms with Crippen molar-refractivity contribution >= 4 is 5.97 Å². The first kappa shape index (κ1) is 25.9. The minimum Gasteiger partial charge on any atom is -0.492 e. The molecule has 40 heavy (non-hydrogen) atoms. The van der Waals surface area contributed by atoms with E-state index >= 15 is 0 Å². The average Bonchev–Trinajstić information content (AvgIpc) is 3.60. The molecule has 0 saturated heterocycles. The molecule has 1 N–H and O–H groups in total. The van der Waals surface area contributed by atoms with Gasteiger partial charge in [-0.05, 0) is 54.2 Å². The van der Waals surface area contributed by atoms with Gasteiger partial charge in [0.25, 0.3) is 0 Å². The van der Waals surface area contributed by atoms with Gasteiger partial charge in [-0.15, -0.1) is 0 Å². The highest BCUT2D eigenvalue weighted by molar-refractivity contribution is 5.76. The van der Waals surface area contributed by atoms with Gasteiger partial charge in [0.05, 0.1) is 18.6 Å². The van der Waals surface area contributed by atoms with Gasteiger partial charge in [0.2, 0.25) is 0 Å². The lowest BCUT2D eigenvalue weighted by atomic mass is 9.91. The van der Waals surface area contributed by atoms with Crippen molar-refractivity contribution in [1.29, 1.82) is 0 Å². The van der Waals surface area contributed by atoms with E-state index in [1.165, 1.54) is 6.07 Å². The zero-order valence-corrected chi connectivity index (χ0v) is 21.8. The number of halogens is 3. The largest absolute Gasteiger partial charge is 0.492 e. The molecule has 10 heteroatoms. The Bertz CT molecular complexity index is 1590. The van der Waals surface area contributed by atoms with Crippen LogP contribution >= 0.6 is 0 Å². The fourth-order valence-electron chi connectivity index (χ4n) is 5.60. The van der Waals surface area contributed by atoms with Gasteiger partial charge < -0.3 is 14.6 Å². The predicted octanol–water partition coefficient (Wildman–Crippen LogP) is 6.49. The van der Waals surface area contributed by atoms with E-state index in [4.69, 9.17) is 14.6 Å². The summed E-state index contributed by atoms with van der Waals surface area (Å²) < 4.78 is 56.1. The summed E-state index contributed by atoms with van der Waals surface area (Å²) in [5.74, 6) is 1.24. The summed E-state index contributed by atoms with van der Waals surface area (Å²) in [5.41, 5.74) is 2.84. The highest BCUT2D eigenvalue weighted by Crippen LogP contribution is 2.47. The van der Waals surface area contributed by atoms with E-state index in [0.717, 1.165) is 28.6 Å². The Morgan fingerprint density at radius 3 is 2.50 bits per heavy atom. The molecule has 2 aliphatic rings. The quantitative estimate of drug-likeness (QED) is 0.296. The summed E-state index contributed by atoms with van der Waals surface area (Å²) in [6, 6.07) is 14.8. The van der Waals surface area contributed by atoms with Crippen LogP contribution in [0.25, 0.3) is 22.5 Å². The Kier molecular flexibility index (Phi) is 6.28. The van der Waals surface area contributed by atoms with Gasteiger partial charge >= 0.3 is 12.1 Å². The molecule has 0 spiro atoms. The van der Waals surface area contributed by atoms with Crippen LogP contribution < -0.4 is 9.47 Å². The Labute approximate surface area is 228 Å². The zero-order chi connectivity index (χ0) is 28.2. The number of ether oxygens (including phenoxy) is 2. The van der Waals surface area contributed by atoms with Crippen molar-refractivity contribution < 1.29 is 32.5 Å². The second kappa shape index (κ2) is 9.69. The summed E-state index contributed by atoms with van der Waals surface area (Å²) in [6.45, 7) is 2.12. The van der Waals surface area contributed by atoms with Crippen LogP contribution in [0.1, 0.15) is 52.9 Å². The van der Waals surface area contributed by atoms with Crippen molar-refractivity contribution in [1.82, 2.24) is 14.8 Å². The van der Waals surface area contributed by atoms with Gasteiger partial charge in [-0.2, -0.15) is 18.3 Å². The number of rotatable bonds is 6. The molecule has 206 valence electrons. The number of carbonyl (C=O) groups is 1. The molecule has 4 aromatic rings. The molecule has 1 unspecified atom stereocenters. The SMILES string of the molecule is Cc1nc(-c2ccc(-c3c(C(F)(F)F)ccc4c3CC[C@H]4Oc3ccc4c(c3)OCC4CC(=O)O)cc2)nn1C. The Hall–Kier alpha value is -4.34. The summed E-state index contributed by atoms with van der Waals surface area (Å²) in [6.07, 6.45) is -4.01. The molecule has 0 bridgehead atoms. The highest BCUT2D eigenvalue weighted by atomic mass is 19.4. The van der Waals surface area contributed by atoms with E-state index in [1.807, 2.05) is 6.92 Å². The van der Waals surface area contributed by atoms with Crippen LogP contribution in [0.4, 0.5) is 13.2 Å². The number of benzene rings is 3. The Morgan fingerprint density at radius 1 is 1.10 bits per heavy atom. The minimum absolute atomic E-state index is 0.0213. The van der Waals surface area contributed by atoms with Crippen LogP contribution in [0.15, 0.2) is 54.6 Å². The van der Waals surface area contributed by atoms with Crippen molar-refractivity contribution in [3.8, 4) is 34.0 Å². The highest BCUT2D eigenvalue weighted by Gasteiger charge is 2.38. The summed E-state index contributed by atoms with van der Waals surface area (Å²) >= 11 is 0. The molecule has 6 rings (SSSR count). The van der Waals surface area contributed by atoms with Crippen LogP contribution in [-0.4, -0.2) is 32.4 Å². The summed E-state index contributed by atoms with van der Waals surface area (Å²) in [7, 11) is 1.79. The lowest BCUT2D eigenvalue weighted by molar-refractivity contribution is -0.138. The number of carboxylic acids is 1. The van der Waals surface area contributed by atoms with Crippen LogP contribution in [0.2, 0.25) is 0 Å². The number of nitrogens with zero attached hydrogens (tertiary/aromatic N) is 3. The minimum atomic E-state index is -4.52. The van der Waals surface area contributed by atoms with Crippen LogP contribution in [0.3, 0.4) is 0 Å². The number of aryl methyl sites for hydroxylation is 2. The van der Waals surface area contributed by atoms with Crippen molar-refractivity contribution in [3.05, 3.63) is 82.7 Å². The first-order valence-electron chi connectivity index (χ1n) is 12.9. The van der Waals surface area contributed by atoms with Crippen LogP contribution in [0, 0.1) is 6.92 Å². The molecule has 0 fully saturated rings. The maximum Gasteiger partial charge on any atom is 0.417 e. The lowest BCUT2D eigenvalue weighted by Gasteiger charge is -2.20. The van der Waals surface area contributed by atoms with Crippen molar-refractivity contribution in [3.63, 3.8) is 0 Å². The first-order chi connectivity index (χ1) is 19.1. The number of carboxylic acid groups (broad SMARTS) is 1. The normalized spacial score (nSPS) is 17.8. The monoisotopic (exact) mass is 549 g/mol. The van der Waals surface area contributed by atoms with Gasteiger partial charge in [-0.3, -0.25) is 9.48 Å². The predicted molar refractivity (Wildman–Crippen MR) is 140 cm³/mol. The van der Waals surface area contributed by atoms with Crippen molar-refractivity contribution in [2.24, 2.45) is 7.05 Å². The molecule has 1 aromatic heterocycles. The Morgan fingerprint density at radius 2 is 1.82 bits per heavy atom. The standard InChI is InChI=1S/C30H26F3N3O4/c1-16-34-29(35-36(16)2)18-5-3-17(4-6-18)28-23-10-12-25(22(23)9-11-24(28)30(31,32)33)40-20-7-8-21-19(13-27(37)38)15-39-26(21)14-20/h3-9,11,14,19,25H,10,12-13,15H2,1-2H3,(H,37,38)/t19?,25-/m1/s1. The molecule has 0 radical (unpaired) electrons. The van der Waals surface area contributed by atoms with Gasteiger partial charge in [0.15, 0.2) is 5.82 Å². The molecule has 1 aliphatic carbocycles. The number of aliphatic carboxylic acids is 1. The van der Waals surface area contributed by atoms with E-state index in [9.17, 15) is 18.0 Å². The summed E-state index contributed by atoms with van der Waals surface area (Å²) in [5, 5.41) is 13.5. The number of fused-ring (bicyclic) bond motifs is 2. The van der Waals surface area contributed by atoms with E-state index in [2.05, 4.69) is 10.1 Å². The molecule has 1 aliphatic heterocycles. The van der Waals surface area contributed by atoms with Crippen molar-refractivity contribution in [2.75, 3.05) is 6.61 Å². The number of alkyl halides is 3. The molecule has 0 saturated carbocycles. The second-order valence-electron chi connectivity index (χ2n) is 10.2. The van der Waals surface area contributed by atoms with E-state index in [0.29, 0.717) is 41.3 Å². The van der Waals surface area contributed by atoms with Gasteiger partial charge in [-0.25, -0.2) is 4.98 Å².